The summed E-state index contributed by atoms with van der Waals surface area (Å²) in [5.41, 5.74) is 0.694. The Hall–Kier alpha value is -0.870. The van der Waals surface area contributed by atoms with Crippen molar-refractivity contribution < 1.29 is 9.84 Å². The molecule has 1 aromatic heterocycles. The SMILES string of the molecule is CCOC(C(O)c1ccnn1C(C)C)C(C)(C)C. The number of aromatic nitrogens is 2. The summed E-state index contributed by atoms with van der Waals surface area (Å²) in [7, 11) is 0. The Morgan fingerprint density at radius 1 is 1.39 bits per heavy atom. The molecule has 0 aliphatic heterocycles. The molecule has 0 aliphatic rings. The molecule has 0 bridgehead atoms. The van der Waals surface area contributed by atoms with Gasteiger partial charge in [-0.05, 0) is 32.3 Å². The summed E-state index contributed by atoms with van der Waals surface area (Å²) in [5.74, 6) is 0. The van der Waals surface area contributed by atoms with Gasteiger partial charge in [0.15, 0.2) is 0 Å². The van der Waals surface area contributed by atoms with Crippen molar-refractivity contribution in [2.24, 2.45) is 5.41 Å². The van der Waals surface area contributed by atoms with Crippen LogP contribution in [0.1, 0.15) is 59.4 Å². The zero-order chi connectivity index (χ0) is 13.9. The zero-order valence-electron chi connectivity index (χ0n) is 12.3. The molecule has 1 rings (SSSR count). The van der Waals surface area contributed by atoms with E-state index >= 15 is 0 Å². The Morgan fingerprint density at radius 3 is 2.44 bits per heavy atom. The third-order valence-corrected chi connectivity index (χ3v) is 2.98. The molecule has 0 saturated carbocycles. The van der Waals surface area contributed by atoms with E-state index in [1.54, 1.807) is 6.20 Å². The molecule has 1 heterocycles. The molecule has 1 aromatic rings. The lowest BCUT2D eigenvalue weighted by Gasteiger charge is -2.34. The second kappa shape index (κ2) is 5.85. The van der Waals surface area contributed by atoms with Gasteiger partial charge in [0.2, 0.25) is 0 Å². The van der Waals surface area contributed by atoms with Crippen LogP contribution in [0.4, 0.5) is 0 Å². The average Bonchev–Trinajstić information content (AvgIpc) is 2.72. The van der Waals surface area contributed by atoms with Crippen molar-refractivity contribution in [1.82, 2.24) is 9.78 Å². The van der Waals surface area contributed by atoms with E-state index in [0.717, 1.165) is 5.69 Å². The van der Waals surface area contributed by atoms with Crippen molar-refractivity contribution >= 4 is 0 Å². The Labute approximate surface area is 110 Å². The zero-order valence-corrected chi connectivity index (χ0v) is 12.3. The molecule has 0 radical (unpaired) electrons. The lowest BCUT2D eigenvalue weighted by atomic mass is 9.84. The third kappa shape index (κ3) is 3.33. The molecule has 0 aliphatic carbocycles. The van der Waals surface area contributed by atoms with E-state index in [0.29, 0.717) is 6.61 Å². The smallest absolute Gasteiger partial charge is 0.122 e. The second-order valence-corrected chi connectivity index (χ2v) is 5.98. The minimum absolute atomic E-state index is 0.124. The van der Waals surface area contributed by atoms with Gasteiger partial charge in [-0.1, -0.05) is 20.8 Å². The van der Waals surface area contributed by atoms with Gasteiger partial charge in [0.1, 0.15) is 6.10 Å². The predicted octanol–water partition coefficient (Wildman–Crippen LogP) is 2.95. The quantitative estimate of drug-likeness (QED) is 0.878. The molecule has 104 valence electrons. The maximum Gasteiger partial charge on any atom is 0.122 e. The van der Waals surface area contributed by atoms with Gasteiger partial charge >= 0.3 is 0 Å². The van der Waals surface area contributed by atoms with Gasteiger partial charge in [-0.2, -0.15) is 5.10 Å². The summed E-state index contributed by atoms with van der Waals surface area (Å²) in [5, 5.41) is 14.8. The first kappa shape index (κ1) is 15.2. The van der Waals surface area contributed by atoms with Crippen LogP contribution in [-0.4, -0.2) is 27.6 Å². The van der Waals surface area contributed by atoms with Crippen LogP contribution >= 0.6 is 0 Å². The highest BCUT2D eigenvalue weighted by Gasteiger charge is 2.34. The lowest BCUT2D eigenvalue weighted by Crippen LogP contribution is -2.36. The van der Waals surface area contributed by atoms with Crippen LogP contribution in [0.15, 0.2) is 12.3 Å². The van der Waals surface area contributed by atoms with Gasteiger partial charge in [0.05, 0.1) is 11.8 Å². The number of aliphatic hydroxyl groups is 1. The molecule has 1 N–H and O–H groups in total. The highest BCUT2D eigenvalue weighted by molar-refractivity contribution is 5.09. The predicted molar refractivity (Wildman–Crippen MR) is 72.4 cm³/mol. The minimum atomic E-state index is -0.658. The van der Waals surface area contributed by atoms with Crippen molar-refractivity contribution in [3.05, 3.63) is 18.0 Å². The van der Waals surface area contributed by atoms with Crippen LogP contribution in [0.2, 0.25) is 0 Å². The van der Waals surface area contributed by atoms with Crippen molar-refractivity contribution in [3.63, 3.8) is 0 Å². The summed E-state index contributed by atoms with van der Waals surface area (Å²) < 4.78 is 7.59. The summed E-state index contributed by atoms with van der Waals surface area (Å²) in [6.45, 7) is 12.9. The number of ether oxygens (including phenoxy) is 1. The molecule has 4 heteroatoms. The highest BCUT2D eigenvalue weighted by atomic mass is 16.5. The molecule has 0 fully saturated rings. The van der Waals surface area contributed by atoms with Crippen LogP contribution in [0.25, 0.3) is 0 Å². The fraction of sp³-hybridized carbons (Fsp3) is 0.786. The fourth-order valence-electron chi connectivity index (χ4n) is 2.14. The number of hydrogen-bond acceptors (Lipinski definition) is 3. The first-order valence-corrected chi connectivity index (χ1v) is 6.62. The van der Waals surface area contributed by atoms with E-state index in [9.17, 15) is 5.11 Å². The van der Waals surface area contributed by atoms with E-state index in [2.05, 4.69) is 39.7 Å². The molecule has 0 saturated heterocycles. The van der Waals surface area contributed by atoms with Crippen LogP contribution in [-0.2, 0) is 4.74 Å². The highest BCUT2D eigenvalue weighted by Crippen LogP contribution is 2.33. The monoisotopic (exact) mass is 254 g/mol. The standard InChI is InChI=1S/C14H26N2O2/c1-7-18-13(14(4,5)6)12(17)11-8-9-15-16(11)10(2)3/h8-10,12-13,17H,7H2,1-6H3. The summed E-state index contributed by atoms with van der Waals surface area (Å²) in [6, 6.07) is 2.09. The average molecular weight is 254 g/mol. The number of aliphatic hydroxyl groups excluding tert-OH is 1. The first-order valence-electron chi connectivity index (χ1n) is 6.62. The van der Waals surface area contributed by atoms with Crippen molar-refractivity contribution in [3.8, 4) is 0 Å². The Balaban J connectivity index is 3.02. The topological polar surface area (TPSA) is 47.3 Å². The number of hydrogen-bond donors (Lipinski definition) is 1. The molecule has 2 atom stereocenters. The molecule has 18 heavy (non-hydrogen) atoms. The van der Waals surface area contributed by atoms with Crippen LogP contribution in [0.3, 0.4) is 0 Å². The van der Waals surface area contributed by atoms with E-state index in [-0.39, 0.29) is 17.6 Å². The minimum Gasteiger partial charge on any atom is -0.384 e. The Kier molecular flexibility index (Phi) is 4.93. The normalized spacial score (nSPS) is 16.0. The van der Waals surface area contributed by atoms with Crippen molar-refractivity contribution in [1.29, 1.82) is 0 Å². The van der Waals surface area contributed by atoms with Crippen molar-refractivity contribution in [2.75, 3.05) is 6.61 Å². The van der Waals surface area contributed by atoms with Gasteiger partial charge < -0.3 is 9.84 Å². The molecular weight excluding hydrogens is 228 g/mol. The maximum atomic E-state index is 10.6. The van der Waals surface area contributed by atoms with E-state index in [1.807, 2.05) is 17.7 Å². The molecule has 0 spiro atoms. The Morgan fingerprint density at radius 2 is 2.00 bits per heavy atom. The van der Waals surface area contributed by atoms with Crippen molar-refractivity contribution in [2.45, 2.75) is 59.8 Å². The van der Waals surface area contributed by atoms with E-state index in [4.69, 9.17) is 4.74 Å². The number of rotatable bonds is 5. The molecule has 2 unspecified atom stereocenters. The molecule has 4 nitrogen and oxygen atoms in total. The second-order valence-electron chi connectivity index (χ2n) is 5.98. The Bertz CT molecular complexity index is 366. The number of nitrogens with zero attached hydrogens (tertiary/aromatic N) is 2. The van der Waals surface area contributed by atoms with Crippen LogP contribution < -0.4 is 0 Å². The van der Waals surface area contributed by atoms with E-state index in [1.165, 1.54) is 0 Å². The van der Waals surface area contributed by atoms with Crippen LogP contribution in [0.5, 0.6) is 0 Å². The van der Waals surface area contributed by atoms with Crippen LogP contribution in [0, 0.1) is 5.41 Å². The lowest BCUT2D eigenvalue weighted by molar-refractivity contribution is -0.0928. The largest absolute Gasteiger partial charge is 0.384 e. The fourth-order valence-corrected chi connectivity index (χ4v) is 2.14. The third-order valence-electron chi connectivity index (χ3n) is 2.98. The summed E-state index contributed by atoms with van der Waals surface area (Å²) >= 11 is 0. The van der Waals surface area contributed by atoms with Gasteiger partial charge in [-0.15, -0.1) is 0 Å². The molecular formula is C14H26N2O2. The van der Waals surface area contributed by atoms with Gasteiger partial charge in [0, 0.05) is 18.8 Å². The van der Waals surface area contributed by atoms with E-state index < -0.39 is 6.10 Å². The molecule has 0 aromatic carbocycles. The summed E-state index contributed by atoms with van der Waals surface area (Å²) in [6.07, 6.45) is 0.830. The van der Waals surface area contributed by atoms with Gasteiger partial charge in [0.25, 0.3) is 0 Å². The van der Waals surface area contributed by atoms with Gasteiger partial charge in [-0.3, -0.25) is 4.68 Å². The first-order chi connectivity index (χ1) is 8.29. The molecule has 0 amide bonds. The maximum absolute atomic E-state index is 10.6. The summed E-state index contributed by atoms with van der Waals surface area (Å²) in [4.78, 5) is 0. The van der Waals surface area contributed by atoms with Gasteiger partial charge in [-0.25, -0.2) is 0 Å².